The van der Waals surface area contributed by atoms with E-state index in [2.05, 4.69) is 37.3 Å². The molecular formula is C13H25N3. The van der Waals surface area contributed by atoms with Crippen LogP contribution in [-0.2, 0) is 0 Å². The molecular weight excluding hydrogens is 198 g/mol. The third kappa shape index (κ3) is 2.57. The number of hydrogen-bond acceptors (Lipinski definition) is 3. The molecule has 3 nitrogen and oxygen atoms in total. The average Bonchev–Trinajstić information content (AvgIpc) is 2.25. The van der Waals surface area contributed by atoms with Crippen LogP contribution in [0.1, 0.15) is 39.0 Å². The molecule has 0 bridgehead atoms. The zero-order chi connectivity index (χ0) is 12.2. The van der Waals surface area contributed by atoms with Crippen LogP contribution in [0.2, 0.25) is 0 Å². The highest BCUT2D eigenvalue weighted by molar-refractivity contribution is 5.05. The molecule has 0 heterocycles. The molecule has 0 aliphatic heterocycles. The molecule has 0 spiro atoms. The second kappa shape index (κ2) is 5.67. The number of nitrogens with two attached hydrogens (primary N) is 1. The first-order valence-corrected chi connectivity index (χ1v) is 6.14. The molecule has 16 heavy (non-hydrogen) atoms. The van der Waals surface area contributed by atoms with E-state index in [4.69, 9.17) is 12.3 Å². The SMILES string of the molecule is C#CCC(NN)C1(N(C)C)CCCC(C)C1. The Morgan fingerprint density at radius 3 is 2.75 bits per heavy atom. The van der Waals surface area contributed by atoms with Gasteiger partial charge in [-0.25, -0.2) is 0 Å². The highest BCUT2D eigenvalue weighted by Crippen LogP contribution is 2.38. The van der Waals surface area contributed by atoms with Gasteiger partial charge in [0.1, 0.15) is 0 Å². The Bertz CT molecular complexity index is 256. The molecule has 0 amide bonds. The van der Waals surface area contributed by atoms with Gasteiger partial charge in [0.15, 0.2) is 0 Å². The van der Waals surface area contributed by atoms with Gasteiger partial charge < -0.3 is 4.90 Å². The second-order valence-electron chi connectivity index (χ2n) is 5.33. The molecule has 1 fully saturated rings. The summed E-state index contributed by atoms with van der Waals surface area (Å²) in [5.41, 5.74) is 3.06. The summed E-state index contributed by atoms with van der Waals surface area (Å²) >= 11 is 0. The van der Waals surface area contributed by atoms with E-state index in [1.54, 1.807) is 0 Å². The Balaban J connectivity index is 2.90. The van der Waals surface area contributed by atoms with Gasteiger partial charge in [-0.05, 0) is 32.9 Å². The Labute approximate surface area is 99.7 Å². The summed E-state index contributed by atoms with van der Waals surface area (Å²) in [5.74, 6) is 9.18. The summed E-state index contributed by atoms with van der Waals surface area (Å²) in [5, 5.41) is 0. The fourth-order valence-corrected chi connectivity index (χ4v) is 3.12. The predicted octanol–water partition coefficient (Wildman–Crippen LogP) is 1.35. The number of nitrogens with one attached hydrogen (secondary N) is 1. The molecule has 0 radical (unpaired) electrons. The summed E-state index contributed by atoms with van der Waals surface area (Å²) in [6.07, 6.45) is 11.1. The first kappa shape index (κ1) is 13.5. The van der Waals surface area contributed by atoms with Crippen LogP contribution in [0.15, 0.2) is 0 Å². The fraction of sp³-hybridized carbons (Fsp3) is 0.846. The normalized spacial score (nSPS) is 32.4. The molecule has 3 heteroatoms. The summed E-state index contributed by atoms with van der Waals surface area (Å²) < 4.78 is 0. The fourth-order valence-electron chi connectivity index (χ4n) is 3.12. The number of hydrazine groups is 1. The largest absolute Gasteiger partial charge is 0.302 e. The standard InChI is InChI=1S/C13H25N3/c1-5-7-12(15-14)13(16(3)4)9-6-8-11(2)10-13/h1,11-12,15H,6-10,14H2,2-4H3. The van der Waals surface area contributed by atoms with Gasteiger partial charge in [0.05, 0.1) is 6.04 Å². The first-order chi connectivity index (χ1) is 7.56. The number of terminal acetylenes is 1. The van der Waals surface area contributed by atoms with E-state index in [1.807, 2.05) is 0 Å². The van der Waals surface area contributed by atoms with E-state index >= 15 is 0 Å². The van der Waals surface area contributed by atoms with Gasteiger partial charge in [0.2, 0.25) is 0 Å². The van der Waals surface area contributed by atoms with Gasteiger partial charge in [-0.1, -0.05) is 19.8 Å². The summed E-state index contributed by atoms with van der Waals surface area (Å²) in [4.78, 5) is 2.31. The molecule has 0 aromatic rings. The first-order valence-electron chi connectivity index (χ1n) is 6.14. The van der Waals surface area contributed by atoms with Crippen LogP contribution in [0.3, 0.4) is 0 Å². The molecule has 1 aliphatic carbocycles. The third-order valence-electron chi connectivity index (χ3n) is 4.07. The van der Waals surface area contributed by atoms with Crippen molar-refractivity contribution in [2.24, 2.45) is 11.8 Å². The maximum absolute atomic E-state index is 5.69. The van der Waals surface area contributed by atoms with Crippen molar-refractivity contribution >= 4 is 0 Å². The van der Waals surface area contributed by atoms with Crippen LogP contribution >= 0.6 is 0 Å². The molecule has 1 saturated carbocycles. The number of hydrogen-bond donors (Lipinski definition) is 2. The molecule has 0 saturated heterocycles. The average molecular weight is 223 g/mol. The van der Waals surface area contributed by atoms with Gasteiger partial charge in [-0.3, -0.25) is 11.3 Å². The van der Waals surface area contributed by atoms with Gasteiger partial charge in [-0.15, -0.1) is 12.3 Å². The minimum absolute atomic E-state index is 0.124. The van der Waals surface area contributed by atoms with Crippen molar-refractivity contribution in [3.05, 3.63) is 0 Å². The maximum atomic E-state index is 5.69. The van der Waals surface area contributed by atoms with E-state index in [-0.39, 0.29) is 11.6 Å². The van der Waals surface area contributed by atoms with Crippen LogP contribution in [0, 0.1) is 18.3 Å². The lowest BCUT2D eigenvalue weighted by Crippen LogP contribution is -2.62. The van der Waals surface area contributed by atoms with Crippen LogP contribution < -0.4 is 11.3 Å². The van der Waals surface area contributed by atoms with Gasteiger partial charge in [-0.2, -0.15) is 0 Å². The quantitative estimate of drug-likeness (QED) is 0.429. The van der Waals surface area contributed by atoms with Gasteiger partial charge in [0.25, 0.3) is 0 Å². The van der Waals surface area contributed by atoms with E-state index in [1.165, 1.54) is 25.7 Å². The highest BCUT2D eigenvalue weighted by Gasteiger charge is 2.42. The van der Waals surface area contributed by atoms with Crippen LogP contribution in [-0.4, -0.2) is 30.6 Å². The minimum Gasteiger partial charge on any atom is -0.302 e. The molecule has 3 unspecified atom stereocenters. The van der Waals surface area contributed by atoms with E-state index in [0.717, 1.165) is 5.92 Å². The Morgan fingerprint density at radius 2 is 2.31 bits per heavy atom. The number of rotatable bonds is 4. The van der Waals surface area contributed by atoms with Crippen molar-refractivity contribution in [1.29, 1.82) is 0 Å². The second-order valence-corrected chi connectivity index (χ2v) is 5.33. The molecule has 0 aromatic heterocycles. The Hall–Kier alpha value is -0.560. The summed E-state index contributed by atoms with van der Waals surface area (Å²) in [6, 6.07) is 0.190. The van der Waals surface area contributed by atoms with Crippen molar-refractivity contribution in [1.82, 2.24) is 10.3 Å². The van der Waals surface area contributed by atoms with Crippen molar-refractivity contribution < 1.29 is 0 Å². The van der Waals surface area contributed by atoms with Crippen LogP contribution in [0.25, 0.3) is 0 Å². The van der Waals surface area contributed by atoms with E-state index < -0.39 is 0 Å². The predicted molar refractivity (Wildman–Crippen MR) is 68.6 cm³/mol. The lowest BCUT2D eigenvalue weighted by Gasteiger charge is -2.49. The van der Waals surface area contributed by atoms with Crippen molar-refractivity contribution in [3.63, 3.8) is 0 Å². The Kier molecular flexibility index (Phi) is 4.79. The lowest BCUT2D eigenvalue weighted by molar-refractivity contribution is 0.0389. The molecule has 92 valence electrons. The molecule has 3 atom stereocenters. The van der Waals surface area contributed by atoms with E-state index in [0.29, 0.717) is 6.42 Å². The number of likely N-dealkylation sites (N-methyl/N-ethyl adjacent to an activating group) is 1. The smallest absolute Gasteiger partial charge is 0.0503 e. The molecule has 1 aliphatic rings. The molecule has 3 N–H and O–H groups in total. The summed E-state index contributed by atoms with van der Waals surface area (Å²) in [7, 11) is 4.28. The minimum atomic E-state index is 0.124. The van der Waals surface area contributed by atoms with Crippen LogP contribution in [0.5, 0.6) is 0 Å². The van der Waals surface area contributed by atoms with Gasteiger partial charge in [0, 0.05) is 12.0 Å². The monoisotopic (exact) mass is 223 g/mol. The zero-order valence-corrected chi connectivity index (χ0v) is 10.8. The van der Waals surface area contributed by atoms with Crippen molar-refractivity contribution in [2.45, 2.75) is 50.6 Å². The molecule has 0 aromatic carbocycles. The van der Waals surface area contributed by atoms with Crippen LogP contribution in [0.4, 0.5) is 0 Å². The molecule has 1 rings (SSSR count). The highest BCUT2D eigenvalue weighted by atomic mass is 15.3. The zero-order valence-electron chi connectivity index (χ0n) is 10.8. The Morgan fingerprint density at radius 1 is 1.62 bits per heavy atom. The summed E-state index contributed by atoms with van der Waals surface area (Å²) in [6.45, 7) is 2.32. The van der Waals surface area contributed by atoms with Crippen molar-refractivity contribution in [2.75, 3.05) is 14.1 Å². The van der Waals surface area contributed by atoms with E-state index in [9.17, 15) is 0 Å². The maximum Gasteiger partial charge on any atom is 0.0503 e. The lowest BCUT2D eigenvalue weighted by atomic mass is 9.70. The topological polar surface area (TPSA) is 41.3 Å². The van der Waals surface area contributed by atoms with Gasteiger partial charge >= 0.3 is 0 Å². The number of nitrogens with zero attached hydrogens (tertiary/aromatic N) is 1. The third-order valence-corrected chi connectivity index (χ3v) is 4.07. The van der Waals surface area contributed by atoms with Crippen molar-refractivity contribution in [3.8, 4) is 12.3 Å².